The van der Waals surface area contributed by atoms with Gasteiger partial charge in [-0.2, -0.15) is 0 Å². The quantitative estimate of drug-likeness (QED) is 0.321. The zero-order valence-corrected chi connectivity index (χ0v) is 22.4. The third-order valence-corrected chi connectivity index (χ3v) is 8.68. The van der Waals surface area contributed by atoms with E-state index in [1.165, 1.54) is 11.3 Å². The predicted molar refractivity (Wildman–Crippen MR) is 142 cm³/mol. The molecule has 3 aromatic rings. The minimum Gasteiger partial charge on any atom is -0.466 e. The highest BCUT2D eigenvalue weighted by atomic mass is 35.5. The first-order valence-corrected chi connectivity index (χ1v) is 13.6. The van der Waals surface area contributed by atoms with Crippen LogP contribution in [0.5, 0.6) is 0 Å². The molecule has 2 aliphatic rings. The van der Waals surface area contributed by atoms with E-state index in [9.17, 15) is 14.4 Å². The van der Waals surface area contributed by atoms with E-state index in [-0.39, 0.29) is 31.2 Å². The maximum absolute atomic E-state index is 14.1. The van der Waals surface area contributed by atoms with Crippen LogP contribution in [-0.2, 0) is 22.5 Å². The fourth-order valence-corrected chi connectivity index (χ4v) is 6.59. The lowest BCUT2D eigenvalue weighted by molar-refractivity contribution is -0.149. The highest BCUT2D eigenvalue weighted by molar-refractivity contribution is 7.13. The predicted octanol–water partition coefficient (Wildman–Crippen LogP) is 3.31. The highest BCUT2D eigenvalue weighted by Gasteiger charge is 2.51. The van der Waals surface area contributed by atoms with Gasteiger partial charge in [-0.1, -0.05) is 11.6 Å². The van der Waals surface area contributed by atoms with E-state index in [2.05, 4.69) is 20.2 Å². The number of nitrogens with zero attached hydrogens (tertiary/aromatic N) is 2. The monoisotopic (exact) mass is 543 g/mol. The largest absolute Gasteiger partial charge is 0.466 e. The number of ether oxygens (including phenoxy) is 1. The van der Waals surface area contributed by atoms with E-state index in [0.29, 0.717) is 22.1 Å². The Bertz CT molecular complexity index is 1370. The summed E-state index contributed by atoms with van der Waals surface area (Å²) in [6.07, 6.45) is 1.56. The number of amides is 1. The second-order valence-electron chi connectivity index (χ2n) is 9.88. The summed E-state index contributed by atoms with van der Waals surface area (Å²) >= 11 is 7.49. The molecule has 2 aromatic heterocycles. The standard InChI is InChI=1S/C26H30ClN5O4S/c1-3-36-25(35)14-6-8-26(21(28)12-14,22(33)19-11-15-10-16(27)4-5-17(15)29-19)31-23(34)24-30-18-7-9-32(2)13-20(18)37-24/h4-5,10-11,14,21,29H,3,6-9,12-13,28H2,1-2H3,(H,31,34). The number of rotatable bonds is 6. The first-order valence-electron chi connectivity index (χ1n) is 12.4. The van der Waals surface area contributed by atoms with Gasteiger partial charge < -0.3 is 25.7 Å². The fraction of sp³-hybridized carbons (Fsp3) is 0.462. The van der Waals surface area contributed by atoms with Crippen LogP contribution < -0.4 is 11.1 Å². The van der Waals surface area contributed by atoms with Crippen LogP contribution in [0.15, 0.2) is 24.3 Å². The number of hydrogen-bond acceptors (Lipinski definition) is 8. The summed E-state index contributed by atoms with van der Waals surface area (Å²) < 4.78 is 5.20. The molecule has 3 heterocycles. The normalized spacial score (nSPS) is 24.0. The number of nitrogens with two attached hydrogens (primary N) is 1. The van der Waals surface area contributed by atoms with Gasteiger partial charge in [0.05, 0.1) is 23.9 Å². The number of H-pyrrole nitrogens is 1. The minimum atomic E-state index is -1.41. The van der Waals surface area contributed by atoms with Crippen molar-refractivity contribution in [3.8, 4) is 0 Å². The molecule has 3 unspecified atom stereocenters. The number of esters is 1. The molecule has 37 heavy (non-hydrogen) atoms. The number of halogens is 1. The Hall–Kier alpha value is -2.79. The second-order valence-corrected chi connectivity index (χ2v) is 11.4. The van der Waals surface area contributed by atoms with E-state index < -0.39 is 23.4 Å². The van der Waals surface area contributed by atoms with Crippen molar-refractivity contribution in [2.75, 3.05) is 20.2 Å². The summed E-state index contributed by atoms with van der Waals surface area (Å²) in [4.78, 5) is 51.0. The molecule has 3 atom stereocenters. The molecular weight excluding hydrogens is 514 g/mol. The molecular formula is C26H30ClN5O4S. The average molecular weight is 544 g/mol. The molecule has 196 valence electrons. The number of hydrogen-bond donors (Lipinski definition) is 3. The molecule has 1 aromatic carbocycles. The van der Waals surface area contributed by atoms with Crippen molar-refractivity contribution in [2.24, 2.45) is 11.7 Å². The summed E-state index contributed by atoms with van der Waals surface area (Å²) in [6.45, 7) is 3.64. The van der Waals surface area contributed by atoms with Crippen molar-refractivity contribution >= 4 is 51.5 Å². The van der Waals surface area contributed by atoms with Crippen LogP contribution in [0.25, 0.3) is 10.9 Å². The third kappa shape index (κ3) is 4.90. The smallest absolute Gasteiger partial charge is 0.308 e. The minimum absolute atomic E-state index is 0.201. The van der Waals surface area contributed by atoms with Gasteiger partial charge in [0, 0.05) is 46.4 Å². The number of nitrogens with one attached hydrogen (secondary N) is 2. The molecule has 0 radical (unpaired) electrons. The molecule has 1 aliphatic heterocycles. The maximum atomic E-state index is 14.1. The topological polar surface area (TPSA) is 130 Å². The Balaban J connectivity index is 1.47. The van der Waals surface area contributed by atoms with Crippen LogP contribution >= 0.6 is 22.9 Å². The number of aromatic amines is 1. The number of ketones is 1. The molecule has 1 saturated carbocycles. The van der Waals surface area contributed by atoms with E-state index in [4.69, 9.17) is 22.1 Å². The van der Waals surface area contributed by atoms with Crippen molar-refractivity contribution in [1.29, 1.82) is 0 Å². The number of likely N-dealkylation sites (N-methyl/N-ethyl adjacent to an activating group) is 1. The Morgan fingerprint density at radius 1 is 1.35 bits per heavy atom. The van der Waals surface area contributed by atoms with Gasteiger partial charge >= 0.3 is 5.97 Å². The number of fused-ring (bicyclic) bond motifs is 2. The average Bonchev–Trinajstić information content (AvgIpc) is 3.48. The third-order valence-electron chi connectivity index (χ3n) is 7.36. The molecule has 9 nitrogen and oxygen atoms in total. The molecule has 11 heteroatoms. The first kappa shape index (κ1) is 25.8. The van der Waals surface area contributed by atoms with Crippen LogP contribution in [0, 0.1) is 5.92 Å². The van der Waals surface area contributed by atoms with Gasteiger partial charge in [-0.15, -0.1) is 11.3 Å². The van der Waals surface area contributed by atoms with Crippen LogP contribution in [0.4, 0.5) is 0 Å². The molecule has 1 fully saturated rings. The van der Waals surface area contributed by atoms with Gasteiger partial charge in [-0.3, -0.25) is 14.4 Å². The molecule has 0 bridgehead atoms. The van der Waals surface area contributed by atoms with E-state index in [1.54, 1.807) is 31.2 Å². The molecule has 1 amide bonds. The second kappa shape index (κ2) is 10.2. The van der Waals surface area contributed by atoms with Crippen molar-refractivity contribution in [3.63, 3.8) is 0 Å². The molecule has 4 N–H and O–H groups in total. The Kier molecular flexibility index (Phi) is 7.10. The fourth-order valence-electron chi connectivity index (χ4n) is 5.32. The number of benzene rings is 1. The maximum Gasteiger partial charge on any atom is 0.308 e. The number of carbonyl (C=O) groups is 3. The SMILES string of the molecule is CCOC(=O)C1CCC(NC(=O)c2nc3c(s2)CN(C)CC3)(C(=O)c2cc3cc(Cl)ccc3[nH]2)C(N)C1. The molecule has 0 saturated heterocycles. The van der Waals surface area contributed by atoms with E-state index in [0.717, 1.165) is 41.0 Å². The van der Waals surface area contributed by atoms with Gasteiger partial charge in [0.1, 0.15) is 5.54 Å². The van der Waals surface area contributed by atoms with Crippen molar-refractivity contribution in [2.45, 2.75) is 50.7 Å². The van der Waals surface area contributed by atoms with Crippen molar-refractivity contribution in [3.05, 3.63) is 50.6 Å². The summed E-state index contributed by atoms with van der Waals surface area (Å²) in [5.41, 5.74) is 7.22. The zero-order valence-electron chi connectivity index (χ0n) is 20.8. The van der Waals surface area contributed by atoms with Gasteiger partial charge in [-0.25, -0.2) is 4.98 Å². The lowest BCUT2D eigenvalue weighted by atomic mass is 9.70. The first-order chi connectivity index (χ1) is 17.7. The zero-order chi connectivity index (χ0) is 26.3. The number of aromatic nitrogens is 2. The number of Topliss-reactive ketones (excluding diaryl/α,β-unsaturated/α-hetero) is 1. The molecule has 5 rings (SSSR count). The highest BCUT2D eigenvalue weighted by Crippen LogP contribution is 2.36. The summed E-state index contributed by atoms with van der Waals surface area (Å²) in [7, 11) is 2.03. The van der Waals surface area contributed by atoms with Crippen LogP contribution in [0.1, 0.15) is 57.0 Å². The van der Waals surface area contributed by atoms with Gasteiger partial charge in [-0.05, 0) is 57.5 Å². The Morgan fingerprint density at radius 3 is 2.92 bits per heavy atom. The molecule has 1 aliphatic carbocycles. The van der Waals surface area contributed by atoms with Gasteiger partial charge in [0.25, 0.3) is 5.91 Å². The summed E-state index contributed by atoms with van der Waals surface area (Å²) in [6, 6.07) is 6.23. The Morgan fingerprint density at radius 2 is 2.16 bits per heavy atom. The van der Waals surface area contributed by atoms with Gasteiger partial charge in [0.15, 0.2) is 5.01 Å². The van der Waals surface area contributed by atoms with Gasteiger partial charge in [0.2, 0.25) is 5.78 Å². The summed E-state index contributed by atoms with van der Waals surface area (Å²) in [5.74, 6) is -1.53. The summed E-state index contributed by atoms with van der Waals surface area (Å²) in [5, 5.41) is 4.64. The lowest BCUT2D eigenvalue weighted by Crippen LogP contribution is -2.67. The lowest BCUT2D eigenvalue weighted by Gasteiger charge is -2.43. The van der Waals surface area contributed by atoms with Crippen molar-refractivity contribution in [1.82, 2.24) is 20.2 Å². The van der Waals surface area contributed by atoms with Crippen LogP contribution in [-0.4, -0.2) is 64.3 Å². The van der Waals surface area contributed by atoms with E-state index >= 15 is 0 Å². The number of carbonyl (C=O) groups excluding carboxylic acids is 3. The van der Waals surface area contributed by atoms with Crippen LogP contribution in [0.2, 0.25) is 5.02 Å². The number of thiazole rings is 1. The van der Waals surface area contributed by atoms with E-state index in [1.807, 2.05) is 7.05 Å². The molecule has 0 spiro atoms. The van der Waals surface area contributed by atoms with Crippen LogP contribution in [0.3, 0.4) is 0 Å². The van der Waals surface area contributed by atoms with Crippen molar-refractivity contribution < 1.29 is 19.1 Å². The Labute approximate surface area is 223 Å².